The summed E-state index contributed by atoms with van der Waals surface area (Å²) in [5.41, 5.74) is 0. The number of allylic oxidation sites excluding steroid dienone is 1. The Hall–Kier alpha value is -1.32. The molecular weight excluding hydrogens is 749 g/mol. The first-order chi connectivity index (χ1) is 30.1. The average Bonchev–Trinajstić information content (AvgIpc) is 3.24. The van der Waals surface area contributed by atoms with Crippen LogP contribution >= 0.6 is 0 Å². The maximum Gasteiger partial charge on any atom is 0.327 e. The van der Waals surface area contributed by atoms with Crippen molar-refractivity contribution in [2.45, 2.75) is 340 Å². The van der Waals surface area contributed by atoms with E-state index in [1.807, 2.05) is 0 Å². The fourth-order valence-corrected chi connectivity index (χ4v) is 9.38. The zero-order chi connectivity index (χ0) is 44.0. The molecule has 0 radical (unpaired) electrons. The van der Waals surface area contributed by atoms with E-state index in [0.29, 0.717) is 6.42 Å². The number of carboxylic acids is 2. The SMILES string of the molecule is O=C(O)C=CCCCCCCCCCCCCCCCCCCCCCCCCCCCCCCCCCCCCCCCCCCCCCCCCCCCCCC(=O)O. The topological polar surface area (TPSA) is 74.6 Å². The Kier molecular flexibility index (Phi) is 53.6. The van der Waals surface area contributed by atoms with Gasteiger partial charge < -0.3 is 10.2 Å². The van der Waals surface area contributed by atoms with Crippen molar-refractivity contribution in [3.8, 4) is 0 Å². The van der Waals surface area contributed by atoms with E-state index in [9.17, 15) is 9.59 Å². The lowest BCUT2D eigenvalue weighted by Crippen LogP contribution is -1.93. The Morgan fingerprint density at radius 2 is 0.377 bits per heavy atom. The molecular formula is C57H110O4. The monoisotopic (exact) mass is 859 g/mol. The van der Waals surface area contributed by atoms with Gasteiger partial charge >= 0.3 is 11.9 Å². The normalized spacial score (nSPS) is 11.7. The van der Waals surface area contributed by atoms with Gasteiger partial charge in [0, 0.05) is 12.5 Å². The largest absolute Gasteiger partial charge is 0.481 e. The lowest BCUT2D eigenvalue weighted by Gasteiger charge is -2.05. The lowest BCUT2D eigenvalue weighted by atomic mass is 10.0. The van der Waals surface area contributed by atoms with Crippen molar-refractivity contribution in [2.75, 3.05) is 0 Å². The summed E-state index contributed by atoms with van der Waals surface area (Å²) < 4.78 is 0. The number of hydrogen-bond acceptors (Lipinski definition) is 2. The van der Waals surface area contributed by atoms with Crippen molar-refractivity contribution in [2.24, 2.45) is 0 Å². The van der Waals surface area contributed by atoms with Crippen LogP contribution in [0.3, 0.4) is 0 Å². The Labute approximate surface area is 382 Å². The van der Waals surface area contributed by atoms with Crippen LogP contribution in [0, 0.1) is 0 Å². The fourth-order valence-electron chi connectivity index (χ4n) is 9.38. The second-order valence-corrected chi connectivity index (χ2v) is 19.7. The molecule has 0 spiro atoms. The zero-order valence-corrected chi connectivity index (χ0v) is 41.3. The van der Waals surface area contributed by atoms with Gasteiger partial charge in [-0.05, 0) is 19.3 Å². The number of aliphatic carboxylic acids is 2. The molecule has 0 saturated carbocycles. The van der Waals surface area contributed by atoms with Gasteiger partial charge in [-0.2, -0.15) is 0 Å². The van der Waals surface area contributed by atoms with E-state index in [1.165, 1.54) is 314 Å². The first kappa shape index (κ1) is 59.7. The van der Waals surface area contributed by atoms with Gasteiger partial charge in [0.2, 0.25) is 0 Å². The van der Waals surface area contributed by atoms with E-state index in [0.717, 1.165) is 25.7 Å². The predicted octanol–water partition coefficient (Wildman–Crippen LogP) is 20.4. The molecule has 0 heterocycles. The number of hydrogen-bond donors (Lipinski definition) is 2. The minimum absolute atomic E-state index is 0.344. The van der Waals surface area contributed by atoms with Gasteiger partial charge in [0.1, 0.15) is 0 Å². The van der Waals surface area contributed by atoms with Gasteiger partial charge in [-0.25, -0.2) is 4.79 Å². The van der Waals surface area contributed by atoms with Gasteiger partial charge in [0.15, 0.2) is 0 Å². The first-order valence-electron chi connectivity index (χ1n) is 28.2. The third-order valence-electron chi connectivity index (χ3n) is 13.5. The standard InChI is InChI=1S/C57H110O4/c58-56(59)54-52-50-48-46-44-42-40-38-36-34-32-30-28-26-24-22-20-18-16-14-12-10-8-6-4-2-1-3-5-7-9-11-13-15-17-19-21-23-25-27-29-31-33-35-37-39-41-43-45-47-49-51-53-55-57(60)61/h52,54H,1-51,53,55H2,(H,58,59)(H,60,61). The zero-order valence-electron chi connectivity index (χ0n) is 41.3. The molecule has 0 fully saturated rings. The molecule has 362 valence electrons. The molecule has 4 nitrogen and oxygen atoms in total. The molecule has 0 aliphatic rings. The minimum atomic E-state index is -0.829. The first-order valence-corrected chi connectivity index (χ1v) is 28.2. The molecule has 4 heteroatoms. The van der Waals surface area contributed by atoms with E-state index in [4.69, 9.17) is 10.2 Å². The second kappa shape index (κ2) is 54.8. The van der Waals surface area contributed by atoms with Crippen molar-refractivity contribution >= 4 is 11.9 Å². The van der Waals surface area contributed by atoms with Crippen LogP contribution in [0.2, 0.25) is 0 Å². The van der Waals surface area contributed by atoms with Crippen molar-refractivity contribution in [1.29, 1.82) is 0 Å². The summed E-state index contributed by atoms with van der Waals surface area (Å²) in [7, 11) is 0. The number of carboxylic acid groups (broad SMARTS) is 2. The summed E-state index contributed by atoms with van der Waals surface area (Å²) in [5, 5.41) is 17.3. The molecule has 0 unspecified atom stereocenters. The van der Waals surface area contributed by atoms with Crippen molar-refractivity contribution in [1.82, 2.24) is 0 Å². The van der Waals surface area contributed by atoms with Gasteiger partial charge in [-0.3, -0.25) is 4.79 Å². The molecule has 0 aromatic carbocycles. The summed E-state index contributed by atoms with van der Waals surface area (Å²) in [6.45, 7) is 0. The maximum absolute atomic E-state index is 10.5. The molecule has 0 aromatic rings. The van der Waals surface area contributed by atoms with E-state index < -0.39 is 11.9 Å². The van der Waals surface area contributed by atoms with E-state index >= 15 is 0 Å². The smallest absolute Gasteiger partial charge is 0.327 e. The fraction of sp³-hybridized carbons (Fsp3) is 0.930. The van der Waals surface area contributed by atoms with Gasteiger partial charge in [0.05, 0.1) is 0 Å². The van der Waals surface area contributed by atoms with E-state index in [-0.39, 0.29) is 0 Å². The number of carbonyl (C=O) groups is 2. The number of unbranched alkanes of at least 4 members (excludes halogenated alkanes) is 51. The molecule has 2 N–H and O–H groups in total. The molecule has 0 saturated heterocycles. The van der Waals surface area contributed by atoms with Crippen LogP contribution in [0.15, 0.2) is 12.2 Å². The number of rotatable bonds is 55. The third-order valence-corrected chi connectivity index (χ3v) is 13.5. The minimum Gasteiger partial charge on any atom is -0.481 e. The van der Waals surface area contributed by atoms with Crippen molar-refractivity contribution in [3.05, 3.63) is 12.2 Å². The molecule has 0 amide bonds. The predicted molar refractivity (Wildman–Crippen MR) is 269 cm³/mol. The van der Waals surface area contributed by atoms with Crippen LogP contribution < -0.4 is 0 Å². The van der Waals surface area contributed by atoms with E-state index in [1.54, 1.807) is 6.08 Å². The second-order valence-electron chi connectivity index (χ2n) is 19.7. The summed E-state index contributed by atoms with van der Waals surface area (Å²) >= 11 is 0. The van der Waals surface area contributed by atoms with Crippen molar-refractivity contribution in [3.63, 3.8) is 0 Å². The van der Waals surface area contributed by atoms with Crippen LogP contribution in [0.5, 0.6) is 0 Å². The molecule has 0 aliphatic carbocycles. The van der Waals surface area contributed by atoms with E-state index in [2.05, 4.69) is 0 Å². The highest BCUT2D eigenvalue weighted by Crippen LogP contribution is 2.19. The average molecular weight is 860 g/mol. The molecule has 0 atom stereocenters. The molecule has 0 rings (SSSR count). The Bertz CT molecular complexity index is 867. The highest BCUT2D eigenvalue weighted by Gasteiger charge is 2.00. The molecule has 0 aromatic heterocycles. The van der Waals surface area contributed by atoms with Crippen LogP contribution in [0.4, 0.5) is 0 Å². The summed E-state index contributed by atoms with van der Waals surface area (Å²) in [4.78, 5) is 21.0. The Morgan fingerprint density at radius 3 is 0.525 bits per heavy atom. The summed E-state index contributed by atoms with van der Waals surface area (Å²) in [5.74, 6) is -1.48. The summed E-state index contributed by atoms with van der Waals surface area (Å²) in [6.07, 6.45) is 76.1. The van der Waals surface area contributed by atoms with Crippen LogP contribution in [0.25, 0.3) is 0 Å². The third kappa shape index (κ3) is 58.7. The van der Waals surface area contributed by atoms with Gasteiger partial charge in [-0.1, -0.05) is 321 Å². The molecule has 61 heavy (non-hydrogen) atoms. The maximum atomic E-state index is 10.5. The quantitative estimate of drug-likeness (QED) is 0.0472. The van der Waals surface area contributed by atoms with Gasteiger partial charge in [0.25, 0.3) is 0 Å². The summed E-state index contributed by atoms with van der Waals surface area (Å²) in [6, 6.07) is 0. The van der Waals surface area contributed by atoms with Gasteiger partial charge in [-0.15, -0.1) is 0 Å². The lowest BCUT2D eigenvalue weighted by molar-refractivity contribution is -0.137. The highest BCUT2D eigenvalue weighted by atomic mass is 16.4. The Balaban J connectivity index is 3.08. The van der Waals surface area contributed by atoms with Crippen LogP contribution in [-0.2, 0) is 9.59 Å². The highest BCUT2D eigenvalue weighted by molar-refractivity contribution is 5.79. The van der Waals surface area contributed by atoms with Crippen LogP contribution in [-0.4, -0.2) is 22.2 Å². The Morgan fingerprint density at radius 1 is 0.230 bits per heavy atom. The molecule has 0 bridgehead atoms. The van der Waals surface area contributed by atoms with Crippen molar-refractivity contribution < 1.29 is 19.8 Å². The molecule has 0 aliphatic heterocycles. The van der Waals surface area contributed by atoms with Crippen LogP contribution in [0.1, 0.15) is 340 Å².